The van der Waals surface area contributed by atoms with Gasteiger partial charge in [-0.3, -0.25) is 4.79 Å². The van der Waals surface area contributed by atoms with Gasteiger partial charge in [0.05, 0.1) is 7.11 Å². The smallest absolute Gasteiger partial charge is 0.321 e. The minimum absolute atomic E-state index is 0.214. The number of benzene rings is 1. The van der Waals surface area contributed by atoms with Crippen LogP contribution in [0.5, 0.6) is 5.75 Å². The summed E-state index contributed by atoms with van der Waals surface area (Å²) < 4.78 is 5.01. The fourth-order valence-electron chi connectivity index (χ4n) is 1.33. The van der Waals surface area contributed by atoms with E-state index in [4.69, 9.17) is 15.6 Å². The lowest BCUT2D eigenvalue weighted by Crippen LogP contribution is -2.35. The van der Waals surface area contributed by atoms with Gasteiger partial charge in [0.1, 0.15) is 11.8 Å². The van der Waals surface area contributed by atoms with E-state index in [-0.39, 0.29) is 5.92 Å². The lowest BCUT2D eigenvalue weighted by Gasteiger charge is -2.16. The lowest BCUT2D eigenvalue weighted by atomic mass is 9.94. The number of rotatable bonds is 4. The maximum atomic E-state index is 10.7. The van der Waals surface area contributed by atoms with Crippen LogP contribution in [0.1, 0.15) is 18.4 Å². The molecule has 0 aliphatic heterocycles. The van der Waals surface area contributed by atoms with Crippen molar-refractivity contribution < 1.29 is 14.6 Å². The van der Waals surface area contributed by atoms with E-state index >= 15 is 0 Å². The second-order valence-electron chi connectivity index (χ2n) is 3.43. The average molecular weight is 209 g/mol. The molecule has 1 aromatic carbocycles. The molecule has 2 atom stereocenters. The number of carboxylic acids is 1. The zero-order valence-electron chi connectivity index (χ0n) is 8.81. The maximum Gasteiger partial charge on any atom is 0.321 e. The Labute approximate surface area is 88.7 Å². The van der Waals surface area contributed by atoms with Crippen LogP contribution in [0, 0.1) is 0 Å². The molecule has 0 saturated heterocycles. The molecular formula is C11H15NO3. The Morgan fingerprint density at radius 1 is 1.40 bits per heavy atom. The SMILES string of the molecule is COc1ccc([C@H](C)[C@@H](N)C(=O)O)cc1. The largest absolute Gasteiger partial charge is 0.497 e. The van der Waals surface area contributed by atoms with E-state index in [1.807, 2.05) is 12.1 Å². The Kier molecular flexibility index (Phi) is 3.68. The summed E-state index contributed by atoms with van der Waals surface area (Å²) in [6, 6.07) is 6.36. The molecule has 0 aliphatic carbocycles. The second kappa shape index (κ2) is 4.79. The van der Waals surface area contributed by atoms with Gasteiger partial charge in [-0.15, -0.1) is 0 Å². The van der Waals surface area contributed by atoms with E-state index in [0.29, 0.717) is 0 Å². The molecule has 0 radical (unpaired) electrons. The van der Waals surface area contributed by atoms with Crippen molar-refractivity contribution >= 4 is 5.97 Å². The van der Waals surface area contributed by atoms with Crippen molar-refractivity contribution in [2.45, 2.75) is 18.9 Å². The first-order valence-corrected chi connectivity index (χ1v) is 4.68. The zero-order chi connectivity index (χ0) is 11.4. The van der Waals surface area contributed by atoms with Gasteiger partial charge < -0.3 is 15.6 Å². The molecule has 3 N–H and O–H groups in total. The number of hydrogen-bond acceptors (Lipinski definition) is 3. The molecule has 0 fully saturated rings. The van der Waals surface area contributed by atoms with Gasteiger partial charge >= 0.3 is 5.97 Å². The molecule has 1 aromatic rings. The van der Waals surface area contributed by atoms with Crippen LogP contribution in [0.15, 0.2) is 24.3 Å². The molecule has 4 nitrogen and oxygen atoms in total. The third-order valence-electron chi connectivity index (χ3n) is 2.47. The summed E-state index contributed by atoms with van der Waals surface area (Å²) in [7, 11) is 1.58. The minimum Gasteiger partial charge on any atom is -0.497 e. The fourth-order valence-corrected chi connectivity index (χ4v) is 1.33. The summed E-state index contributed by atoms with van der Waals surface area (Å²) in [6.07, 6.45) is 0. The molecule has 15 heavy (non-hydrogen) atoms. The van der Waals surface area contributed by atoms with Crippen LogP contribution in [-0.4, -0.2) is 24.2 Å². The molecule has 1 rings (SSSR count). The third kappa shape index (κ3) is 2.70. The zero-order valence-corrected chi connectivity index (χ0v) is 8.81. The monoisotopic (exact) mass is 209 g/mol. The highest BCUT2D eigenvalue weighted by atomic mass is 16.5. The van der Waals surface area contributed by atoms with Gasteiger partial charge in [0.2, 0.25) is 0 Å². The molecule has 0 amide bonds. The van der Waals surface area contributed by atoms with Crippen LogP contribution in [0.3, 0.4) is 0 Å². The molecule has 82 valence electrons. The second-order valence-corrected chi connectivity index (χ2v) is 3.43. The van der Waals surface area contributed by atoms with E-state index in [9.17, 15) is 4.79 Å². The minimum atomic E-state index is -0.988. The van der Waals surface area contributed by atoms with Gasteiger partial charge in [-0.25, -0.2) is 0 Å². The Bertz CT molecular complexity index is 334. The van der Waals surface area contributed by atoms with Crippen LogP contribution in [0.25, 0.3) is 0 Å². The van der Waals surface area contributed by atoms with Crippen LogP contribution in [-0.2, 0) is 4.79 Å². The number of carbonyl (C=O) groups is 1. The van der Waals surface area contributed by atoms with E-state index < -0.39 is 12.0 Å². The van der Waals surface area contributed by atoms with Crippen molar-refractivity contribution in [2.75, 3.05) is 7.11 Å². The van der Waals surface area contributed by atoms with Gasteiger partial charge in [-0.2, -0.15) is 0 Å². The molecule has 4 heteroatoms. The number of nitrogens with two attached hydrogens (primary N) is 1. The first-order chi connectivity index (χ1) is 7.06. The number of ether oxygens (including phenoxy) is 1. The molecule has 0 bridgehead atoms. The highest BCUT2D eigenvalue weighted by Crippen LogP contribution is 2.21. The van der Waals surface area contributed by atoms with Gasteiger partial charge in [-0.1, -0.05) is 19.1 Å². The van der Waals surface area contributed by atoms with Crippen molar-refractivity contribution in [1.82, 2.24) is 0 Å². The molecule has 0 spiro atoms. The van der Waals surface area contributed by atoms with E-state index in [1.165, 1.54) is 0 Å². The predicted octanol–water partition coefficient (Wildman–Crippen LogP) is 1.21. The van der Waals surface area contributed by atoms with Crippen molar-refractivity contribution in [2.24, 2.45) is 5.73 Å². The van der Waals surface area contributed by atoms with Crippen molar-refractivity contribution in [1.29, 1.82) is 0 Å². The quantitative estimate of drug-likeness (QED) is 0.781. The Morgan fingerprint density at radius 3 is 2.33 bits per heavy atom. The van der Waals surface area contributed by atoms with Gasteiger partial charge in [0.15, 0.2) is 0 Å². The Balaban J connectivity index is 2.82. The topological polar surface area (TPSA) is 72.5 Å². The third-order valence-corrected chi connectivity index (χ3v) is 2.47. The highest BCUT2D eigenvalue weighted by molar-refractivity contribution is 5.74. The van der Waals surface area contributed by atoms with Crippen molar-refractivity contribution in [3.63, 3.8) is 0 Å². The summed E-state index contributed by atoms with van der Waals surface area (Å²) in [4.78, 5) is 10.7. The number of carboxylic acid groups (broad SMARTS) is 1. The fraction of sp³-hybridized carbons (Fsp3) is 0.364. The first-order valence-electron chi connectivity index (χ1n) is 4.68. The molecule has 0 heterocycles. The highest BCUT2D eigenvalue weighted by Gasteiger charge is 2.21. The van der Waals surface area contributed by atoms with Crippen LogP contribution in [0.4, 0.5) is 0 Å². The van der Waals surface area contributed by atoms with E-state index in [0.717, 1.165) is 11.3 Å². The predicted molar refractivity (Wildman–Crippen MR) is 57.0 cm³/mol. The normalized spacial score (nSPS) is 14.3. The Morgan fingerprint density at radius 2 is 1.93 bits per heavy atom. The lowest BCUT2D eigenvalue weighted by molar-refractivity contribution is -0.139. The van der Waals surface area contributed by atoms with Gasteiger partial charge in [-0.05, 0) is 17.7 Å². The standard InChI is InChI=1S/C11H15NO3/c1-7(10(12)11(13)14)8-3-5-9(15-2)6-4-8/h3-7,10H,12H2,1-2H3,(H,13,14)/t7-,10+/m0/s1. The number of aliphatic carboxylic acids is 1. The van der Waals surface area contributed by atoms with Gasteiger partial charge in [0, 0.05) is 5.92 Å². The molecule has 0 unspecified atom stereocenters. The average Bonchev–Trinajstić information content (AvgIpc) is 2.27. The summed E-state index contributed by atoms with van der Waals surface area (Å²) in [5.74, 6) is -0.457. The van der Waals surface area contributed by atoms with Crippen LogP contribution >= 0.6 is 0 Å². The van der Waals surface area contributed by atoms with Gasteiger partial charge in [0.25, 0.3) is 0 Å². The maximum absolute atomic E-state index is 10.7. The summed E-state index contributed by atoms with van der Waals surface area (Å²) in [6.45, 7) is 1.79. The molecule has 0 aromatic heterocycles. The van der Waals surface area contributed by atoms with Crippen molar-refractivity contribution in [3.8, 4) is 5.75 Å². The summed E-state index contributed by atoms with van der Waals surface area (Å²) >= 11 is 0. The van der Waals surface area contributed by atoms with E-state index in [1.54, 1.807) is 26.2 Å². The number of methoxy groups -OCH3 is 1. The first kappa shape index (κ1) is 11.5. The molecular weight excluding hydrogens is 194 g/mol. The summed E-state index contributed by atoms with van der Waals surface area (Å²) in [5.41, 5.74) is 6.43. The van der Waals surface area contributed by atoms with Crippen LogP contribution < -0.4 is 10.5 Å². The summed E-state index contributed by atoms with van der Waals surface area (Å²) in [5, 5.41) is 8.76. The molecule has 0 saturated carbocycles. The molecule has 0 aliphatic rings. The van der Waals surface area contributed by atoms with Crippen molar-refractivity contribution in [3.05, 3.63) is 29.8 Å². The van der Waals surface area contributed by atoms with E-state index in [2.05, 4.69) is 0 Å². The number of hydrogen-bond donors (Lipinski definition) is 2. The Hall–Kier alpha value is -1.55. The van der Waals surface area contributed by atoms with Crippen LogP contribution in [0.2, 0.25) is 0 Å².